The summed E-state index contributed by atoms with van der Waals surface area (Å²) in [5, 5.41) is 12.3. The topological polar surface area (TPSA) is 32.3 Å². The van der Waals surface area contributed by atoms with E-state index in [1.165, 1.54) is 25.7 Å². The third kappa shape index (κ3) is 2.76. The monoisotopic (exact) mass is 171 g/mol. The lowest BCUT2D eigenvalue weighted by atomic mass is 9.99. The molecule has 1 saturated carbocycles. The number of hydrogen-bond donors (Lipinski definition) is 2. The van der Waals surface area contributed by atoms with Crippen molar-refractivity contribution in [2.75, 3.05) is 6.61 Å². The molecule has 0 bridgehead atoms. The van der Waals surface area contributed by atoms with Crippen LogP contribution in [0.1, 0.15) is 39.5 Å². The third-order valence-electron chi connectivity index (χ3n) is 2.93. The van der Waals surface area contributed by atoms with Crippen molar-refractivity contribution in [3.63, 3.8) is 0 Å². The van der Waals surface area contributed by atoms with E-state index >= 15 is 0 Å². The largest absolute Gasteiger partial charge is 0.395 e. The lowest BCUT2D eigenvalue weighted by molar-refractivity contribution is 0.228. The first-order valence-electron chi connectivity index (χ1n) is 5.11. The molecular weight excluding hydrogens is 150 g/mol. The van der Waals surface area contributed by atoms with Crippen LogP contribution in [-0.2, 0) is 0 Å². The second kappa shape index (κ2) is 4.83. The van der Waals surface area contributed by atoms with Crippen molar-refractivity contribution in [2.45, 2.75) is 51.6 Å². The summed E-state index contributed by atoms with van der Waals surface area (Å²) in [7, 11) is 0. The standard InChI is InChI=1S/C10H21NO/c1-8(7-12)11-9(2)10-5-3-4-6-10/h8-12H,3-7H2,1-2H3/t8-,9?/m0/s1. The van der Waals surface area contributed by atoms with Crippen molar-refractivity contribution in [3.8, 4) is 0 Å². The first-order chi connectivity index (χ1) is 5.74. The van der Waals surface area contributed by atoms with Crippen LogP contribution >= 0.6 is 0 Å². The molecule has 0 aromatic heterocycles. The van der Waals surface area contributed by atoms with E-state index in [1.807, 2.05) is 6.92 Å². The van der Waals surface area contributed by atoms with E-state index < -0.39 is 0 Å². The van der Waals surface area contributed by atoms with Gasteiger partial charge >= 0.3 is 0 Å². The fourth-order valence-electron chi connectivity index (χ4n) is 2.09. The maximum absolute atomic E-state index is 8.86. The fraction of sp³-hybridized carbons (Fsp3) is 1.00. The molecule has 1 unspecified atom stereocenters. The maximum atomic E-state index is 8.86. The van der Waals surface area contributed by atoms with E-state index in [0.717, 1.165) is 5.92 Å². The molecule has 12 heavy (non-hydrogen) atoms. The zero-order chi connectivity index (χ0) is 8.97. The Morgan fingerprint density at radius 3 is 2.42 bits per heavy atom. The average molecular weight is 171 g/mol. The van der Waals surface area contributed by atoms with E-state index in [-0.39, 0.29) is 12.6 Å². The van der Waals surface area contributed by atoms with Crippen molar-refractivity contribution in [3.05, 3.63) is 0 Å². The summed E-state index contributed by atoms with van der Waals surface area (Å²) in [5.41, 5.74) is 0. The van der Waals surface area contributed by atoms with Crippen molar-refractivity contribution < 1.29 is 5.11 Å². The molecule has 2 nitrogen and oxygen atoms in total. The Hall–Kier alpha value is -0.0800. The first-order valence-corrected chi connectivity index (χ1v) is 5.11. The second-order valence-electron chi connectivity index (χ2n) is 4.08. The Bertz CT molecular complexity index is 121. The summed E-state index contributed by atoms with van der Waals surface area (Å²) in [6, 6.07) is 0.829. The van der Waals surface area contributed by atoms with Gasteiger partial charge in [0, 0.05) is 12.1 Å². The van der Waals surface area contributed by atoms with Gasteiger partial charge in [-0.3, -0.25) is 0 Å². The first kappa shape index (κ1) is 10.0. The average Bonchev–Trinajstić information content (AvgIpc) is 2.56. The maximum Gasteiger partial charge on any atom is 0.0582 e. The van der Waals surface area contributed by atoms with E-state index in [2.05, 4.69) is 12.2 Å². The van der Waals surface area contributed by atoms with E-state index in [4.69, 9.17) is 5.11 Å². The van der Waals surface area contributed by atoms with Gasteiger partial charge in [-0.15, -0.1) is 0 Å². The zero-order valence-corrected chi connectivity index (χ0v) is 8.21. The molecule has 0 radical (unpaired) electrons. The Labute approximate surface area is 75.4 Å². The number of nitrogens with one attached hydrogen (secondary N) is 1. The van der Waals surface area contributed by atoms with E-state index in [1.54, 1.807) is 0 Å². The summed E-state index contributed by atoms with van der Waals surface area (Å²) in [4.78, 5) is 0. The van der Waals surface area contributed by atoms with Gasteiger partial charge in [0.2, 0.25) is 0 Å². The molecule has 0 heterocycles. The van der Waals surface area contributed by atoms with Gasteiger partial charge in [-0.2, -0.15) is 0 Å². The molecule has 0 spiro atoms. The van der Waals surface area contributed by atoms with Crippen LogP contribution in [0.25, 0.3) is 0 Å². The van der Waals surface area contributed by atoms with Gasteiger partial charge in [-0.25, -0.2) is 0 Å². The summed E-state index contributed by atoms with van der Waals surface area (Å²) < 4.78 is 0. The van der Waals surface area contributed by atoms with E-state index in [0.29, 0.717) is 6.04 Å². The highest BCUT2D eigenvalue weighted by molar-refractivity contribution is 4.78. The second-order valence-corrected chi connectivity index (χ2v) is 4.08. The quantitative estimate of drug-likeness (QED) is 0.672. The van der Waals surface area contributed by atoms with Crippen LogP contribution in [0.4, 0.5) is 0 Å². The van der Waals surface area contributed by atoms with E-state index in [9.17, 15) is 0 Å². The Morgan fingerprint density at radius 2 is 1.92 bits per heavy atom. The molecule has 0 amide bonds. The molecule has 0 aromatic carbocycles. The SMILES string of the molecule is CC(N[C@@H](C)CO)C1CCCC1. The number of aliphatic hydroxyl groups is 1. The van der Waals surface area contributed by atoms with Crippen LogP contribution in [0.15, 0.2) is 0 Å². The lowest BCUT2D eigenvalue weighted by Gasteiger charge is -2.23. The molecule has 0 aromatic rings. The molecule has 1 rings (SSSR count). The van der Waals surface area contributed by atoms with Gasteiger partial charge in [-0.05, 0) is 32.6 Å². The van der Waals surface area contributed by atoms with Crippen LogP contribution in [0.5, 0.6) is 0 Å². The van der Waals surface area contributed by atoms with Crippen molar-refractivity contribution in [2.24, 2.45) is 5.92 Å². The normalized spacial score (nSPS) is 24.2. The summed E-state index contributed by atoms with van der Waals surface area (Å²) >= 11 is 0. The molecule has 72 valence electrons. The lowest BCUT2D eigenvalue weighted by Crippen LogP contribution is -2.40. The third-order valence-corrected chi connectivity index (χ3v) is 2.93. The molecule has 2 atom stereocenters. The summed E-state index contributed by atoms with van der Waals surface area (Å²) in [5.74, 6) is 0.846. The molecule has 2 N–H and O–H groups in total. The Kier molecular flexibility index (Phi) is 4.02. The Morgan fingerprint density at radius 1 is 1.33 bits per heavy atom. The van der Waals surface area contributed by atoms with Crippen molar-refractivity contribution in [1.82, 2.24) is 5.32 Å². The zero-order valence-electron chi connectivity index (χ0n) is 8.21. The van der Waals surface area contributed by atoms with Gasteiger partial charge in [0.25, 0.3) is 0 Å². The highest BCUT2D eigenvalue weighted by Gasteiger charge is 2.21. The van der Waals surface area contributed by atoms with Gasteiger partial charge < -0.3 is 10.4 Å². The van der Waals surface area contributed by atoms with Crippen LogP contribution in [0.2, 0.25) is 0 Å². The number of hydrogen-bond acceptors (Lipinski definition) is 2. The molecule has 0 aliphatic heterocycles. The van der Waals surface area contributed by atoms with Gasteiger partial charge in [0.05, 0.1) is 6.61 Å². The van der Waals surface area contributed by atoms with Crippen LogP contribution in [0.3, 0.4) is 0 Å². The van der Waals surface area contributed by atoms with Crippen molar-refractivity contribution in [1.29, 1.82) is 0 Å². The highest BCUT2D eigenvalue weighted by atomic mass is 16.3. The smallest absolute Gasteiger partial charge is 0.0582 e. The Balaban J connectivity index is 2.21. The van der Waals surface area contributed by atoms with Crippen LogP contribution < -0.4 is 5.32 Å². The summed E-state index contributed by atoms with van der Waals surface area (Å²) in [6.45, 7) is 4.52. The fourth-order valence-corrected chi connectivity index (χ4v) is 2.09. The highest BCUT2D eigenvalue weighted by Crippen LogP contribution is 2.27. The predicted molar refractivity (Wildman–Crippen MR) is 51.1 cm³/mol. The number of rotatable bonds is 4. The minimum absolute atomic E-state index is 0.247. The molecule has 1 aliphatic rings. The molecule has 0 saturated heterocycles. The number of aliphatic hydroxyl groups excluding tert-OH is 1. The minimum atomic E-state index is 0.247. The minimum Gasteiger partial charge on any atom is -0.395 e. The van der Waals surface area contributed by atoms with Gasteiger partial charge in [0.15, 0.2) is 0 Å². The van der Waals surface area contributed by atoms with Gasteiger partial charge in [0.1, 0.15) is 0 Å². The van der Waals surface area contributed by atoms with Gasteiger partial charge in [-0.1, -0.05) is 12.8 Å². The molecular formula is C10H21NO. The predicted octanol–water partition coefficient (Wildman–Crippen LogP) is 1.54. The summed E-state index contributed by atoms with van der Waals surface area (Å²) in [6.07, 6.45) is 5.52. The molecule has 1 aliphatic carbocycles. The van der Waals surface area contributed by atoms with Crippen molar-refractivity contribution >= 4 is 0 Å². The molecule has 2 heteroatoms. The van der Waals surface area contributed by atoms with Crippen LogP contribution in [-0.4, -0.2) is 23.8 Å². The molecule has 1 fully saturated rings. The van der Waals surface area contributed by atoms with Crippen LogP contribution in [0, 0.1) is 5.92 Å².